The normalized spacial score (nSPS) is 15.3. The Morgan fingerprint density at radius 3 is 1.48 bits per heavy atom. The molecule has 3 aliphatic rings. The molecule has 840 valence electrons. The zero-order valence-electron chi connectivity index (χ0n) is 88.0. The van der Waals surface area contributed by atoms with Gasteiger partial charge in [0.25, 0.3) is 17.4 Å². The van der Waals surface area contributed by atoms with Gasteiger partial charge in [0, 0.05) is 99.8 Å². The van der Waals surface area contributed by atoms with Crippen molar-refractivity contribution in [3.05, 3.63) is 68.8 Å². The number of fused-ring (bicyclic) bond motifs is 5. The van der Waals surface area contributed by atoms with Crippen molar-refractivity contribution in [3.8, 4) is 17.1 Å². The van der Waals surface area contributed by atoms with Crippen molar-refractivity contribution in [1.29, 1.82) is 0 Å². The van der Waals surface area contributed by atoms with Crippen molar-refractivity contribution in [2.75, 3.05) is 244 Å². The first kappa shape index (κ1) is 128. The van der Waals surface area contributed by atoms with Gasteiger partial charge in [-0.15, -0.1) is 4.99 Å². The molecule has 3 aromatic rings. The van der Waals surface area contributed by atoms with Crippen molar-refractivity contribution >= 4 is 52.5 Å². The van der Waals surface area contributed by atoms with Crippen LogP contribution in [0.5, 0.6) is 5.75 Å². The molecule has 50 nitrogen and oxygen atoms in total. The summed E-state index contributed by atoms with van der Waals surface area (Å²) in [5, 5.41) is 14.8. The Bertz CT molecular complexity index is 4290. The minimum Gasteiger partial charge on any atom is -0.488 e. The van der Waals surface area contributed by atoms with Crippen LogP contribution in [0, 0.1) is 11.7 Å². The second-order valence-corrected chi connectivity index (χ2v) is 36.7. The SMILES string of the molecule is CCc1c2c(nc3cc(F)c(OCCOONCCNO[C@@H](C)NO[C@H](NO[C@@H](CCCCNOCCOCCOCCOCCOCCNOCCOCCOCCOCCOCCNOCCOCCOCCOCCOCCNOCC[C@H](NON[C@@H](CCC(=O)OC(C)(C)C)C(=O)OC(C)(C)C)C(=O)OC(C)(C)C)NC(=O)CCCN4C(=O)C=CC4=O)C(C)C)cc13)-c1cc3c(c(=O)n1C2)COC(=O)[C@]3(O)CC. The van der Waals surface area contributed by atoms with Gasteiger partial charge in [0.15, 0.2) is 29.6 Å². The molecular formula is C96H163FN14O36. The highest BCUT2D eigenvalue weighted by molar-refractivity contribution is 6.12. The highest BCUT2D eigenvalue weighted by Crippen LogP contribution is 2.41. The first-order chi connectivity index (χ1) is 70.7. The average molecular weight is 2110 g/mol. The third-order valence-electron chi connectivity index (χ3n) is 20.8. The molecule has 0 aliphatic carbocycles. The molecule has 0 radical (unpaired) electrons. The summed E-state index contributed by atoms with van der Waals surface area (Å²) in [6, 6.07) is 2.41. The predicted octanol–water partition coefficient (Wildman–Crippen LogP) is 3.06. The van der Waals surface area contributed by atoms with Crippen LogP contribution in [0.25, 0.3) is 22.3 Å². The van der Waals surface area contributed by atoms with E-state index in [-0.39, 0.29) is 120 Å². The number of benzene rings is 1. The van der Waals surface area contributed by atoms with E-state index in [0.29, 0.717) is 253 Å². The summed E-state index contributed by atoms with van der Waals surface area (Å²) in [7, 11) is 0. The van der Waals surface area contributed by atoms with E-state index in [1.54, 1.807) is 92.9 Å². The zero-order valence-corrected chi connectivity index (χ0v) is 88.0. The molecule has 147 heavy (non-hydrogen) atoms. The van der Waals surface area contributed by atoms with Crippen molar-refractivity contribution in [2.45, 2.75) is 227 Å². The van der Waals surface area contributed by atoms with Gasteiger partial charge in [-0.05, 0) is 138 Å². The minimum atomic E-state index is -1.98. The molecule has 0 bridgehead atoms. The van der Waals surface area contributed by atoms with Crippen LogP contribution in [-0.2, 0) is 183 Å². The molecule has 0 saturated carbocycles. The number of rotatable bonds is 91. The Morgan fingerprint density at radius 2 is 0.980 bits per heavy atom. The number of nitrogens with zero attached hydrogens (tertiary/aromatic N) is 3. The quantitative estimate of drug-likeness (QED) is 0.00575. The van der Waals surface area contributed by atoms with Crippen LogP contribution in [0.1, 0.15) is 177 Å². The second kappa shape index (κ2) is 74.3. The van der Waals surface area contributed by atoms with Crippen LogP contribution < -0.4 is 70.4 Å². The molecule has 6 atom stereocenters. The van der Waals surface area contributed by atoms with Crippen LogP contribution in [0.3, 0.4) is 0 Å². The third-order valence-corrected chi connectivity index (χ3v) is 20.8. The minimum absolute atomic E-state index is 0.00479. The number of nitrogens with one attached hydrogen (secondary N) is 11. The van der Waals surface area contributed by atoms with Crippen molar-refractivity contribution < 1.29 is 172 Å². The summed E-state index contributed by atoms with van der Waals surface area (Å²) < 4.78 is 111. The van der Waals surface area contributed by atoms with Gasteiger partial charge in [0.2, 0.25) is 5.91 Å². The molecule has 3 amide bonds. The van der Waals surface area contributed by atoms with Gasteiger partial charge >= 0.3 is 23.9 Å². The molecule has 6 rings (SSSR count). The van der Waals surface area contributed by atoms with Gasteiger partial charge in [-0.2, -0.15) is 32.9 Å². The number of aromatic nitrogens is 2. The number of hydroxylamine groups is 10. The largest absolute Gasteiger partial charge is 0.488 e. The highest BCUT2D eigenvalue weighted by atomic mass is 19.1. The summed E-state index contributed by atoms with van der Waals surface area (Å²) in [6.07, 6.45) is 2.76. The fourth-order valence-corrected chi connectivity index (χ4v) is 13.6. The topological polar surface area (TPSA) is 559 Å². The molecule has 3 aliphatic heterocycles. The summed E-state index contributed by atoms with van der Waals surface area (Å²) in [5.74, 6) is -4.59. The van der Waals surface area contributed by atoms with E-state index in [2.05, 4.69) is 60.1 Å². The van der Waals surface area contributed by atoms with Crippen LogP contribution in [0.4, 0.5) is 4.39 Å². The van der Waals surface area contributed by atoms with Gasteiger partial charge in [0.05, 0.1) is 214 Å². The van der Waals surface area contributed by atoms with Gasteiger partial charge in [-0.25, -0.2) is 45.9 Å². The van der Waals surface area contributed by atoms with Crippen molar-refractivity contribution in [1.82, 2.24) is 74.6 Å². The lowest BCUT2D eigenvalue weighted by molar-refractivity contribution is -0.338. The second-order valence-electron chi connectivity index (χ2n) is 36.7. The van der Waals surface area contributed by atoms with Gasteiger partial charge in [-0.1, -0.05) is 27.7 Å². The Hall–Kier alpha value is -7.78. The average Bonchev–Trinajstić information content (AvgIpc) is 1.58. The number of aryl methyl sites for hydroxylation is 1. The zero-order chi connectivity index (χ0) is 107. The first-order valence-corrected chi connectivity index (χ1v) is 50.4. The number of pyridine rings is 2. The fourth-order valence-electron chi connectivity index (χ4n) is 13.6. The summed E-state index contributed by atoms with van der Waals surface area (Å²) >= 11 is 0. The van der Waals surface area contributed by atoms with Gasteiger partial charge in [-0.3, -0.25) is 67.5 Å². The smallest absolute Gasteiger partial charge is 0.343 e. The van der Waals surface area contributed by atoms with Crippen molar-refractivity contribution in [3.63, 3.8) is 0 Å². The summed E-state index contributed by atoms with van der Waals surface area (Å²) in [6.45, 7) is 37.7. The molecule has 2 aromatic heterocycles. The number of cyclic esters (lactones) is 1. The van der Waals surface area contributed by atoms with Crippen LogP contribution in [0.15, 0.2) is 35.1 Å². The molecule has 12 N–H and O–H groups in total. The molecule has 51 heteroatoms. The van der Waals surface area contributed by atoms with E-state index in [9.17, 15) is 43.5 Å². The Labute approximate surface area is 859 Å². The Kier molecular flexibility index (Phi) is 64.6. The number of hydrogen-bond acceptors (Lipinski definition) is 47. The number of amides is 3. The van der Waals surface area contributed by atoms with Gasteiger partial charge in [0.1, 0.15) is 54.9 Å². The number of hydrogen-bond donors (Lipinski definition) is 12. The number of unbranched alkanes of at least 4 members (excludes halogenated alkanes) is 1. The highest BCUT2D eigenvalue weighted by Gasteiger charge is 2.46. The van der Waals surface area contributed by atoms with E-state index in [1.807, 2.05) is 20.8 Å². The molecule has 0 fully saturated rings. The maximum Gasteiger partial charge on any atom is 0.343 e. The van der Waals surface area contributed by atoms with E-state index in [4.69, 9.17) is 134 Å². The monoisotopic (exact) mass is 2110 g/mol. The van der Waals surface area contributed by atoms with E-state index < -0.39 is 100 Å². The predicted molar refractivity (Wildman–Crippen MR) is 523 cm³/mol. The number of carbonyl (C=O) groups excluding carboxylic acids is 7. The lowest BCUT2D eigenvalue weighted by Gasteiger charge is -2.31. The molecule has 5 heterocycles. The summed E-state index contributed by atoms with van der Waals surface area (Å²) in [5.41, 5.74) is 26.3. The number of imide groups is 1. The van der Waals surface area contributed by atoms with Crippen LogP contribution in [0.2, 0.25) is 0 Å². The van der Waals surface area contributed by atoms with E-state index >= 15 is 4.39 Å². The molecule has 0 saturated heterocycles. The summed E-state index contributed by atoms with van der Waals surface area (Å²) in [4.78, 5) is 163. The third kappa shape index (κ3) is 54.4. The Morgan fingerprint density at radius 1 is 0.497 bits per heavy atom. The Balaban J connectivity index is 0.641. The number of esters is 4. The van der Waals surface area contributed by atoms with Crippen LogP contribution >= 0.6 is 0 Å². The lowest BCUT2D eigenvalue weighted by atomic mass is 9.86. The van der Waals surface area contributed by atoms with E-state index in [1.165, 1.54) is 18.2 Å². The number of aliphatic hydroxyl groups is 1. The van der Waals surface area contributed by atoms with Gasteiger partial charge < -0.3 is 100 Å². The number of ether oxygens (including phenoxy) is 17. The van der Waals surface area contributed by atoms with E-state index in [0.717, 1.165) is 16.0 Å². The maximum absolute atomic E-state index is 15.6. The lowest BCUT2D eigenvalue weighted by Crippen LogP contribution is -2.49. The molecular weight excluding hydrogens is 1940 g/mol. The number of halogens is 1. The number of carbonyl (C=O) groups is 7. The van der Waals surface area contributed by atoms with Crippen molar-refractivity contribution in [2.24, 2.45) is 5.92 Å². The standard InChI is InChI=1S/C96H163FN14O36/c1-15-71-72-64-81(76(97)66-79(72)104-87-73(71)67-111-80(87)65-75-74(89(111)116)68-134-92(119)96(75,120)16-2)133-59-63-139-147-103-29-28-102-143-70(5)106-145-88(69(3)4)109-144-83(105-82(112)20-19-33-110-84(113)23-24-85(110)114)21-17-18-27-98-136-60-56-130-53-50-127-47-45-125-42-39-122-36-31-100-138-62-58-132-55-52-129-49-46-126-43-40-123-37-32-101-137-61-57-131-54-51-128-48-44-124-41-38-121-35-30-99-135-34-26-78(91(118)142-95(12,13)14)108-146-107-77(90(117)141-94(9,10)11)22-25-86(115)140-93(6,7)8/h23-24,64-66,69-70,77-78,83,88,98-103,106-109,120H,15-22,25-63,67-68H2,1-14H3,(H,105,112)/t70-,77-,78-,83-,88-,96-/m0/s1. The molecule has 0 unspecified atom stereocenters. The van der Waals surface area contributed by atoms with Crippen LogP contribution in [-0.4, -0.2) is 353 Å². The molecule has 1 aromatic carbocycles. The fraction of sp³-hybridized carbons (Fsp3) is 0.760. The molecule has 0 spiro atoms. The maximum atomic E-state index is 15.6. The first-order valence-electron chi connectivity index (χ1n) is 50.4.